The fraction of sp³-hybridized carbons (Fsp3) is 0.667. The van der Waals surface area contributed by atoms with E-state index in [9.17, 15) is 4.79 Å². The van der Waals surface area contributed by atoms with Crippen molar-refractivity contribution in [3.05, 3.63) is 22.2 Å². The van der Waals surface area contributed by atoms with Crippen LogP contribution in [-0.4, -0.2) is 30.2 Å². The number of aromatic nitrogens is 2. The van der Waals surface area contributed by atoms with Gasteiger partial charge < -0.3 is 15.0 Å². The topological polar surface area (TPSA) is 67.0 Å². The molecular weight excluding hydrogens is 218 g/mol. The quantitative estimate of drug-likeness (QED) is 0.790. The fourth-order valence-electron chi connectivity index (χ4n) is 1.47. The van der Waals surface area contributed by atoms with E-state index in [4.69, 9.17) is 4.74 Å². The van der Waals surface area contributed by atoms with Crippen molar-refractivity contribution in [2.75, 3.05) is 25.6 Å². The van der Waals surface area contributed by atoms with Gasteiger partial charge in [-0.05, 0) is 18.8 Å². The molecule has 0 saturated carbocycles. The number of nitrogens with one attached hydrogen (secondary N) is 2. The minimum absolute atomic E-state index is 0.105. The summed E-state index contributed by atoms with van der Waals surface area (Å²) in [6.45, 7) is 7.56. The van der Waals surface area contributed by atoms with Crippen molar-refractivity contribution in [1.29, 1.82) is 0 Å². The number of nitrogens with zero attached hydrogens (tertiary/aromatic N) is 1. The zero-order valence-corrected chi connectivity index (χ0v) is 11.0. The third-order valence-electron chi connectivity index (χ3n) is 2.59. The van der Waals surface area contributed by atoms with Gasteiger partial charge in [-0.3, -0.25) is 4.79 Å². The standard InChI is InChI=1S/C12H21N3O2/c1-9-14-10(7-11(16)15-9)13-8-12(2,3)5-6-17-4/h7H,5-6,8H2,1-4H3,(H2,13,14,15,16). The van der Waals surface area contributed by atoms with Crippen LogP contribution in [0.2, 0.25) is 0 Å². The van der Waals surface area contributed by atoms with E-state index in [1.807, 2.05) is 0 Å². The summed E-state index contributed by atoms with van der Waals surface area (Å²) in [5.74, 6) is 1.24. The molecule has 0 amide bonds. The molecule has 0 spiro atoms. The molecule has 17 heavy (non-hydrogen) atoms. The van der Waals surface area contributed by atoms with Crippen molar-refractivity contribution in [2.24, 2.45) is 5.41 Å². The van der Waals surface area contributed by atoms with Crippen LogP contribution in [0.1, 0.15) is 26.1 Å². The van der Waals surface area contributed by atoms with Gasteiger partial charge in [0.15, 0.2) is 0 Å². The highest BCUT2D eigenvalue weighted by molar-refractivity contribution is 5.33. The van der Waals surface area contributed by atoms with Crippen LogP contribution in [0.5, 0.6) is 0 Å². The molecule has 96 valence electrons. The number of aromatic amines is 1. The normalized spacial score (nSPS) is 11.5. The van der Waals surface area contributed by atoms with Crippen LogP contribution in [0.4, 0.5) is 5.82 Å². The number of aryl methyl sites for hydroxylation is 1. The SMILES string of the molecule is COCCC(C)(C)CNc1cc(=O)[nH]c(C)n1. The van der Waals surface area contributed by atoms with Crippen LogP contribution in [0, 0.1) is 12.3 Å². The average molecular weight is 239 g/mol. The van der Waals surface area contributed by atoms with Crippen molar-refractivity contribution >= 4 is 5.82 Å². The Morgan fingerprint density at radius 1 is 1.53 bits per heavy atom. The fourth-order valence-corrected chi connectivity index (χ4v) is 1.47. The van der Waals surface area contributed by atoms with E-state index in [-0.39, 0.29) is 11.0 Å². The Morgan fingerprint density at radius 3 is 2.82 bits per heavy atom. The maximum Gasteiger partial charge on any atom is 0.252 e. The molecule has 5 nitrogen and oxygen atoms in total. The number of H-pyrrole nitrogens is 1. The molecule has 0 aromatic carbocycles. The number of methoxy groups -OCH3 is 1. The Kier molecular flexibility index (Phi) is 4.69. The van der Waals surface area contributed by atoms with Crippen LogP contribution in [-0.2, 0) is 4.74 Å². The number of ether oxygens (including phenoxy) is 1. The van der Waals surface area contributed by atoms with Crippen molar-refractivity contribution < 1.29 is 4.74 Å². The number of hydrogen-bond donors (Lipinski definition) is 2. The summed E-state index contributed by atoms with van der Waals surface area (Å²) in [6.07, 6.45) is 0.957. The van der Waals surface area contributed by atoms with E-state index in [0.29, 0.717) is 11.6 Å². The molecule has 0 unspecified atom stereocenters. The first kappa shape index (κ1) is 13.7. The van der Waals surface area contributed by atoms with Crippen LogP contribution in [0.3, 0.4) is 0 Å². The Bertz CT molecular complexity index is 412. The Hall–Kier alpha value is -1.36. The lowest BCUT2D eigenvalue weighted by Gasteiger charge is -2.24. The molecule has 0 fully saturated rings. The third kappa shape index (κ3) is 4.99. The molecule has 1 aromatic rings. The predicted octanol–water partition coefficient (Wildman–Crippen LogP) is 1.55. The Morgan fingerprint density at radius 2 is 2.24 bits per heavy atom. The van der Waals surface area contributed by atoms with Gasteiger partial charge in [0.1, 0.15) is 11.6 Å². The van der Waals surface area contributed by atoms with Gasteiger partial charge in [-0.2, -0.15) is 0 Å². The molecule has 1 heterocycles. The van der Waals surface area contributed by atoms with Crippen LogP contribution < -0.4 is 10.9 Å². The minimum Gasteiger partial charge on any atom is -0.385 e. The first-order chi connectivity index (χ1) is 7.93. The van der Waals surface area contributed by atoms with E-state index in [0.717, 1.165) is 19.6 Å². The van der Waals surface area contributed by atoms with Gasteiger partial charge in [0.2, 0.25) is 0 Å². The molecule has 0 radical (unpaired) electrons. The molecule has 0 aliphatic carbocycles. The van der Waals surface area contributed by atoms with E-state index in [2.05, 4.69) is 29.1 Å². The number of hydrogen-bond acceptors (Lipinski definition) is 4. The Balaban J connectivity index is 2.57. The second-order valence-corrected chi connectivity index (χ2v) is 4.98. The molecular formula is C12H21N3O2. The molecule has 0 aliphatic heterocycles. The minimum atomic E-state index is -0.130. The van der Waals surface area contributed by atoms with Crippen molar-refractivity contribution in [3.63, 3.8) is 0 Å². The van der Waals surface area contributed by atoms with E-state index in [1.54, 1.807) is 14.0 Å². The highest BCUT2D eigenvalue weighted by Crippen LogP contribution is 2.20. The van der Waals surface area contributed by atoms with Gasteiger partial charge in [-0.1, -0.05) is 13.8 Å². The van der Waals surface area contributed by atoms with Gasteiger partial charge in [0.25, 0.3) is 5.56 Å². The molecule has 1 rings (SSSR count). The summed E-state index contributed by atoms with van der Waals surface area (Å²) in [4.78, 5) is 18.1. The van der Waals surface area contributed by atoms with Gasteiger partial charge in [-0.15, -0.1) is 0 Å². The molecule has 5 heteroatoms. The van der Waals surface area contributed by atoms with Gasteiger partial charge in [0, 0.05) is 26.3 Å². The highest BCUT2D eigenvalue weighted by Gasteiger charge is 2.17. The highest BCUT2D eigenvalue weighted by atomic mass is 16.5. The number of rotatable bonds is 6. The van der Waals surface area contributed by atoms with E-state index >= 15 is 0 Å². The summed E-state index contributed by atoms with van der Waals surface area (Å²) < 4.78 is 5.07. The second kappa shape index (κ2) is 5.82. The monoisotopic (exact) mass is 239 g/mol. The lowest BCUT2D eigenvalue weighted by atomic mass is 9.90. The zero-order chi connectivity index (χ0) is 12.9. The summed E-state index contributed by atoms with van der Waals surface area (Å²) in [5.41, 5.74) is -0.0246. The summed E-state index contributed by atoms with van der Waals surface area (Å²) in [6, 6.07) is 1.47. The van der Waals surface area contributed by atoms with E-state index in [1.165, 1.54) is 6.07 Å². The van der Waals surface area contributed by atoms with Gasteiger partial charge in [-0.25, -0.2) is 4.98 Å². The van der Waals surface area contributed by atoms with Gasteiger partial charge in [0.05, 0.1) is 0 Å². The molecule has 0 atom stereocenters. The summed E-state index contributed by atoms with van der Waals surface area (Å²) in [5, 5.41) is 3.19. The van der Waals surface area contributed by atoms with Crippen molar-refractivity contribution in [3.8, 4) is 0 Å². The largest absolute Gasteiger partial charge is 0.385 e. The molecule has 0 bridgehead atoms. The Labute approximate surface area is 102 Å². The van der Waals surface area contributed by atoms with Crippen LogP contribution in [0.15, 0.2) is 10.9 Å². The van der Waals surface area contributed by atoms with Gasteiger partial charge >= 0.3 is 0 Å². The third-order valence-corrected chi connectivity index (χ3v) is 2.59. The first-order valence-corrected chi connectivity index (χ1v) is 5.74. The first-order valence-electron chi connectivity index (χ1n) is 5.74. The molecule has 2 N–H and O–H groups in total. The molecule has 0 aliphatic rings. The van der Waals surface area contributed by atoms with Crippen molar-refractivity contribution in [2.45, 2.75) is 27.2 Å². The average Bonchev–Trinajstić information content (AvgIpc) is 2.23. The number of anilines is 1. The van der Waals surface area contributed by atoms with Crippen LogP contribution >= 0.6 is 0 Å². The molecule has 0 saturated heterocycles. The maximum atomic E-state index is 11.3. The lowest BCUT2D eigenvalue weighted by molar-refractivity contribution is 0.157. The summed E-state index contributed by atoms with van der Waals surface area (Å²) >= 11 is 0. The maximum absolute atomic E-state index is 11.3. The predicted molar refractivity (Wildman–Crippen MR) is 68.4 cm³/mol. The second-order valence-electron chi connectivity index (χ2n) is 4.98. The lowest BCUT2D eigenvalue weighted by Crippen LogP contribution is -2.25. The van der Waals surface area contributed by atoms with E-state index < -0.39 is 0 Å². The summed E-state index contributed by atoms with van der Waals surface area (Å²) in [7, 11) is 1.70. The van der Waals surface area contributed by atoms with Crippen LogP contribution in [0.25, 0.3) is 0 Å². The smallest absolute Gasteiger partial charge is 0.252 e. The molecule has 1 aromatic heterocycles. The van der Waals surface area contributed by atoms with Crippen molar-refractivity contribution in [1.82, 2.24) is 9.97 Å². The zero-order valence-electron chi connectivity index (χ0n) is 11.0.